The molecule has 0 spiro atoms. The highest BCUT2D eigenvalue weighted by atomic mass is 19.1. The van der Waals surface area contributed by atoms with E-state index in [0.717, 1.165) is 0 Å². The molecule has 0 amide bonds. The van der Waals surface area contributed by atoms with E-state index in [1.165, 1.54) is 23.8 Å². The number of benzene rings is 2. The summed E-state index contributed by atoms with van der Waals surface area (Å²) in [6, 6.07) is 14.2. The van der Waals surface area contributed by atoms with Gasteiger partial charge < -0.3 is 10.4 Å². The Bertz CT molecular complexity index is 583. The number of hydrogen-bond donors (Lipinski definition) is 2. The van der Waals surface area contributed by atoms with Crippen LogP contribution in [0.15, 0.2) is 48.5 Å². The van der Waals surface area contributed by atoms with E-state index in [-0.39, 0.29) is 23.7 Å². The van der Waals surface area contributed by atoms with Gasteiger partial charge in [0.25, 0.3) is 0 Å². The lowest BCUT2D eigenvalue weighted by Gasteiger charge is -2.27. The van der Waals surface area contributed by atoms with E-state index in [2.05, 4.69) is 31.3 Å². The van der Waals surface area contributed by atoms with Gasteiger partial charge in [0, 0.05) is 17.6 Å². The van der Waals surface area contributed by atoms with Crippen LogP contribution in [0.5, 0.6) is 5.75 Å². The van der Waals surface area contributed by atoms with Crippen molar-refractivity contribution in [1.29, 1.82) is 0 Å². The number of halogens is 1. The first-order valence-corrected chi connectivity index (χ1v) is 7.28. The quantitative estimate of drug-likeness (QED) is 0.843. The predicted molar refractivity (Wildman–Crippen MR) is 83.6 cm³/mol. The summed E-state index contributed by atoms with van der Waals surface area (Å²) in [5.41, 5.74) is 1.77. The van der Waals surface area contributed by atoms with E-state index in [1.54, 1.807) is 0 Å². The monoisotopic (exact) mass is 287 g/mol. The Morgan fingerprint density at radius 2 is 1.67 bits per heavy atom. The van der Waals surface area contributed by atoms with Gasteiger partial charge in [-0.3, -0.25) is 0 Å². The molecule has 0 aliphatic heterocycles. The van der Waals surface area contributed by atoms with Crippen LogP contribution in [0.25, 0.3) is 0 Å². The minimum Gasteiger partial charge on any atom is -0.508 e. The van der Waals surface area contributed by atoms with Crippen molar-refractivity contribution in [2.75, 3.05) is 0 Å². The van der Waals surface area contributed by atoms with E-state index in [1.807, 2.05) is 25.1 Å². The lowest BCUT2D eigenvalue weighted by Crippen LogP contribution is -2.28. The first-order valence-electron chi connectivity index (χ1n) is 7.28. The van der Waals surface area contributed by atoms with Gasteiger partial charge in [-0.1, -0.05) is 44.2 Å². The SMILES string of the molecule is CC(NC(c1ccccc1)C(C)C)c1cc(F)ccc1O. The fourth-order valence-electron chi connectivity index (χ4n) is 2.57. The summed E-state index contributed by atoms with van der Waals surface area (Å²) in [6.45, 7) is 6.22. The molecule has 2 aromatic rings. The second kappa shape index (κ2) is 6.72. The summed E-state index contributed by atoms with van der Waals surface area (Å²) in [7, 11) is 0. The maximum absolute atomic E-state index is 13.4. The smallest absolute Gasteiger partial charge is 0.123 e. The van der Waals surface area contributed by atoms with Crippen molar-refractivity contribution in [2.24, 2.45) is 5.92 Å². The van der Waals surface area contributed by atoms with Crippen LogP contribution in [0.4, 0.5) is 4.39 Å². The molecule has 2 N–H and O–H groups in total. The van der Waals surface area contributed by atoms with Gasteiger partial charge in [0.1, 0.15) is 11.6 Å². The van der Waals surface area contributed by atoms with Gasteiger partial charge in [0.15, 0.2) is 0 Å². The molecule has 0 aliphatic carbocycles. The Labute approximate surface area is 125 Å². The summed E-state index contributed by atoms with van der Waals surface area (Å²) in [5.74, 6) is 0.162. The molecule has 2 aromatic carbocycles. The second-order valence-electron chi connectivity index (χ2n) is 5.72. The fourth-order valence-corrected chi connectivity index (χ4v) is 2.57. The van der Waals surface area contributed by atoms with Crippen molar-refractivity contribution in [2.45, 2.75) is 32.9 Å². The molecule has 0 saturated heterocycles. The highest BCUT2D eigenvalue weighted by Gasteiger charge is 2.20. The topological polar surface area (TPSA) is 32.3 Å². The number of aromatic hydroxyl groups is 1. The Hall–Kier alpha value is -1.87. The van der Waals surface area contributed by atoms with Gasteiger partial charge in [-0.25, -0.2) is 4.39 Å². The Kier molecular flexibility index (Phi) is 4.97. The lowest BCUT2D eigenvalue weighted by atomic mass is 9.94. The number of phenolic OH excluding ortho intramolecular Hbond substituents is 1. The van der Waals surface area contributed by atoms with Gasteiger partial charge in [0.05, 0.1) is 0 Å². The van der Waals surface area contributed by atoms with Crippen molar-refractivity contribution in [3.63, 3.8) is 0 Å². The summed E-state index contributed by atoms with van der Waals surface area (Å²) in [6.07, 6.45) is 0. The summed E-state index contributed by atoms with van der Waals surface area (Å²) in [4.78, 5) is 0. The number of rotatable bonds is 5. The highest BCUT2D eigenvalue weighted by molar-refractivity contribution is 5.35. The minimum absolute atomic E-state index is 0.118. The number of phenols is 1. The van der Waals surface area contributed by atoms with E-state index < -0.39 is 0 Å². The molecule has 0 fully saturated rings. The molecule has 0 heterocycles. The largest absolute Gasteiger partial charge is 0.508 e. The van der Waals surface area contributed by atoms with Crippen molar-refractivity contribution in [3.8, 4) is 5.75 Å². The molecule has 21 heavy (non-hydrogen) atoms. The van der Waals surface area contributed by atoms with E-state index >= 15 is 0 Å². The molecule has 3 heteroatoms. The van der Waals surface area contributed by atoms with Gasteiger partial charge in [-0.15, -0.1) is 0 Å². The molecule has 0 bridgehead atoms. The Balaban J connectivity index is 2.23. The molecule has 2 unspecified atom stereocenters. The molecule has 2 rings (SSSR count). The lowest BCUT2D eigenvalue weighted by molar-refractivity contribution is 0.365. The third-order valence-corrected chi connectivity index (χ3v) is 3.71. The summed E-state index contributed by atoms with van der Waals surface area (Å²) in [5, 5.41) is 13.4. The van der Waals surface area contributed by atoms with Crippen LogP contribution in [-0.4, -0.2) is 5.11 Å². The molecule has 0 aromatic heterocycles. The van der Waals surface area contributed by atoms with Crippen molar-refractivity contribution in [3.05, 3.63) is 65.5 Å². The zero-order valence-electron chi connectivity index (χ0n) is 12.7. The minimum atomic E-state index is -0.336. The first kappa shape index (κ1) is 15.5. The molecular weight excluding hydrogens is 265 g/mol. The highest BCUT2D eigenvalue weighted by Crippen LogP contribution is 2.29. The van der Waals surface area contributed by atoms with E-state index in [4.69, 9.17) is 0 Å². The van der Waals surface area contributed by atoms with Crippen molar-refractivity contribution >= 4 is 0 Å². The van der Waals surface area contributed by atoms with Crippen LogP contribution in [0.3, 0.4) is 0 Å². The molecule has 0 saturated carbocycles. The van der Waals surface area contributed by atoms with Crippen LogP contribution in [0, 0.1) is 11.7 Å². The van der Waals surface area contributed by atoms with E-state index in [9.17, 15) is 9.50 Å². The number of nitrogens with one attached hydrogen (secondary N) is 1. The number of hydrogen-bond acceptors (Lipinski definition) is 2. The standard InChI is InChI=1S/C18H22FNO/c1-12(2)18(14-7-5-4-6-8-14)20-13(3)16-11-15(19)9-10-17(16)21/h4-13,18,20-21H,1-3H3. The summed E-state index contributed by atoms with van der Waals surface area (Å²) >= 11 is 0. The second-order valence-corrected chi connectivity index (χ2v) is 5.72. The first-order chi connectivity index (χ1) is 9.99. The van der Waals surface area contributed by atoms with Crippen LogP contribution >= 0.6 is 0 Å². The van der Waals surface area contributed by atoms with Gasteiger partial charge >= 0.3 is 0 Å². The normalized spacial score (nSPS) is 14.1. The maximum Gasteiger partial charge on any atom is 0.123 e. The van der Waals surface area contributed by atoms with Crippen molar-refractivity contribution < 1.29 is 9.50 Å². The average molecular weight is 287 g/mol. The molecule has 112 valence electrons. The molecular formula is C18H22FNO. The molecule has 0 radical (unpaired) electrons. The predicted octanol–water partition coefficient (Wildman–Crippen LogP) is 4.58. The average Bonchev–Trinajstić information content (AvgIpc) is 2.47. The van der Waals surface area contributed by atoms with E-state index in [0.29, 0.717) is 11.5 Å². The maximum atomic E-state index is 13.4. The Morgan fingerprint density at radius 3 is 2.29 bits per heavy atom. The molecule has 2 atom stereocenters. The zero-order chi connectivity index (χ0) is 15.4. The third kappa shape index (κ3) is 3.82. The Morgan fingerprint density at radius 1 is 1.00 bits per heavy atom. The van der Waals surface area contributed by atoms with Gasteiger partial charge in [-0.2, -0.15) is 0 Å². The van der Waals surface area contributed by atoms with Crippen LogP contribution < -0.4 is 5.32 Å². The van der Waals surface area contributed by atoms with Gasteiger partial charge in [-0.05, 0) is 36.6 Å². The van der Waals surface area contributed by atoms with Crippen LogP contribution in [0.2, 0.25) is 0 Å². The fraction of sp³-hybridized carbons (Fsp3) is 0.333. The molecule has 0 aliphatic rings. The van der Waals surface area contributed by atoms with Crippen LogP contribution in [0.1, 0.15) is 44.0 Å². The third-order valence-electron chi connectivity index (χ3n) is 3.71. The molecule has 2 nitrogen and oxygen atoms in total. The van der Waals surface area contributed by atoms with Crippen LogP contribution in [-0.2, 0) is 0 Å². The zero-order valence-corrected chi connectivity index (χ0v) is 12.7. The summed E-state index contributed by atoms with van der Waals surface area (Å²) < 4.78 is 13.4. The van der Waals surface area contributed by atoms with Gasteiger partial charge in [0.2, 0.25) is 0 Å². The van der Waals surface area contributed by atoms with Crippen molar-refractivity contribution in [1.82, 2.24) is 5.32 Å².